The third kappa shape index (κ3) is 2.64. The van der Waals surface area contributed by atoms with Crippen LogP contribution in [0.25, 0.3) is 5.82 Å². The standard InChI is InChI=1S/C14H18N6O/c1-10-11(2)19(6-5-16-10)14(21)12-3-4-17-13(7-12)20-9-15-8-18-20/h3-4,7-11,16H,5-6H2,1-2H3. The van der Waals surface area contributed by atoms with Crippen LogP contribution < -0.4 is 5.32 Å². The molecule has 1 fully saturated rings. The highest BCUT2D eigenvalue weighted by atomic mass is 16.2. The van der Waals surface area contributed by atoms with Crippen LogP contribution in [0.4, 0.5) is 0 Å². The van der Waals surface area contributed by atoms with Crippen molar-refractivity contribution in [3.8, 4) is 5.82 Å². The Hall–Kier alpha value is -2.28. The molecule has 0 spiro atoms. The van der Waals surface area contributed by atoms with Crippen molar-refractivity contribution >= 4 is 5.91 Å². The highest BCUT2D eigenvalue weighted by molar-refractivity contribution is 5.94. The first-order chi connectivity index (χ1) is 10.2. The van der Waals surface area contributed by atoms with Crippen LogP contribution in [0.3, 0.4) is 0 Å². The Morgan fingerprint density at radius 2 is 2.29 bits per heavy atom. The zero-order chi connectivity index (χ0) is 14.8. The zero-order valence-electron chi connectivity index (χ0n) is 12.1. The summed E-state index contributed by atoms with van der Waals surface area (Å²) in [6.07, 6.45) is 4.63. The summed E-state index contributed by atoms with van der Waals surface area (Å²) in [6.45, 7) is 5.69. The van der Waals surface area contributed by atoms with Gasteiger partial charge in [0.1, 0.15) is 12.7 Å². The first kappa shape index (κ1) is 13.7. The molecule has 1 N–H and O–H groups in total. The Labute approximate surface area is 123 Å². The van der Waals surface area contributed by atoms with Gasteiger partial charge in [-0.25, -0.2) is 14.6 Å². The maximum Gasteiger partial charge on any atom is 0.254 e. The quantitative estimate of drug-likeness (QED) is 0.869. The van der Waals surface area contributed by atoms with Crippen LogP contribution in [0.5, 0.6) is 0 Å². The topological polar surface area (TPSA) is 75.9 Å². The predicted octanol–water partition coefficient (Wildman–Crippen LogP) is 0.485. The monoisotopic (exact) mass is 286 g/mol. The van der Waals surface area contributed by atoms with Gasteiger partial charge in [0.15, 0.2) is 5.82 Å². The lowest BCUT2D eigenvalue weighted by Gasteiger charge is -2.38. The van der Waals surface area contributed by atoms with Gasteiger partial charge in [-0.2, -0.15) is 5.10 Å². The van der Waals surface area contributed by atoms with E-state index in [-0.39, 0.29) is 11.9 Å². The second-order valence-corrected chi connectivity index (χ2v) is 5.22. The molecule has 3 heterocycles. The summed E-state index contributed by atoms with van der Waals surface area (Å²) < 4.78 is 1.54. The van der Waals surface area contributed by atoms with Crippen LogP contribution in [0, 0.1) is 0 Å². The van der Waals surface area contributed by atoms with Crippen LogP contribution >= 0.6 is 0 Å². The molecule has 7 heteroatoms. The van der Waals surface area contributed by atoms with E-state index in [1.165, 1.54) is 6.33 Å². The highest BCUT2D eigenvalue weighted by Gasteiger charge is 2.28. The van der Waals surface area contributed by atoms with Crippen molar-refractivity contribution in [2.24, 2.45) is 0 Å². The fraction of sp³-hybridized carbons (Fsp3) is 0.429. The second-order valence-electron chi connectivity index (χ2n) is 5.22. The molecule has 0 saturated carbocycles. The summed E-state index contributed by atoms with van der Waals surface area (Å²) in [4.78, 5) is 22.7. The highest BCUT2D eigenvalue weighted by Crippen LogP contribution is 2.15. The van der Waals surface area contributed by atoms with E-state index >= 15 is 0 Å². The third-order valence-corrected chi connectivity index (χ3v) is 3.94. The smallest absolute Gasteiger partial charge is 0.254 e. The SMILES string of the molecule is CC1NCCN(C(=O)c2ccnc(-n3cncn3)c2)C1C. The number of carbonyl (C=O) groups excluding carboxylic acids is 1. The molecule has 7 nitrogen and oxygen atoms in total. The van der Waals surface area contributed by atoms with E-state index in [1.54, 1.807) is 29.3 Å². The molecule has 2 aromatic heterocycles. The summed E-state index contributed by atoms with van der Waals surface area (Å²) in [5.74, 6) is 0.619. The first-order valence-electron chi connectivity index (χ1n) is 7.02. The van der Waals surface area contributed by atoms with Crippen LogP contribution in [0.2, 0.25) is 0 Å². The summed E-state index contributed by atoms with van der Waals surface area (Å²) in [5, 5.41) is 7.41. The lowest BCUT2D eigenvalue weighted by atomic mass is 10.1. The molecule has 1 aliphatic heterocycles. The van der Waals surface area contributed by atoms with Crippen LogP contribution in [0.1, 0.15) is 24.2 Å². The van der Waals surface area contributed by atoms with Crippen molar-refractivity contribution in [1.29, 1.82) is 0 Å². The molecule has 2 unspecified atom stereocenters. The molecule has 2 aromatic rings. The average molecular weight is 286 g/mol. The normalized spacial score (nSPS) is 22.3. The minimum atomic E-state index is 0.0274. The van der Waals surface area contributed by atoms with Gasteiger partial charge in [-0.15, -0.1) is 0 Å². The van der Waals surface area contributed by atoms with E-state index in [4.69, 9.17) is 0 Å². The molecule has 1 saturated heterocycles. The average Bonchev–Trinajstić information content (AvgIpc) is 3.04. The Balaban J connectivity index is 1.86. The second kappa shape index (κ2) is 5.61. The van der Waals surface area contributed by atoms with Gasteiger partial charge in [0.2, 0.25) is 0 Å². The van der Waals surface area contributed by atoms with E-state index in [2.05, 4.69) is 34.2 Å². The lowest BCUT2D eigenvalue weighted by Crippen LogP contribution is -2.57. The summed E-state index contributed by atoms with van der Waals surface area (Å²) in [5.41, 5.74) is 0.622. The van der Waals surface area contributed by atoms with E-state index in [9.17, 15) is 4.79 Å². The zero-order valence-corrected chi connectivity index (χ0v) is 12.1. The van der Waals surface area contributed by atoms with Crippen molar-refractivity contribution in [2.45, 2.75) is 25.9 Å². The number of amides is 1. The molecule has 1 aliphatic rings. The van der Waals surface area contributed by atoms with Gasteiger partial charge in [-0.1, -0.05) is 0 Å². The number of rotatable bonds is 2. The van der Waals surface area contributed by atoms with Crippen molar-refractivity contribution in [3.63, 3.8) is 0 Å². The molecule has 0 aromatic carbocycles. The van der Waals surface area contributed by atoms with Crippen molar-refractivity contribution in [2.75, 3.05) is 13.1 Å². The molecule has 0 radical (unpaired) electrons. The number of aromatic nitrogens is 4. The van der Waals surface area contributed by atoms with E-state index in [1.807, 2.05) is 4.90 Å². The Kier molecular flexibility index (Phi) is 3.66. The number of hydrogen-bond acceptors (Lipinski definition) is 5. The van der Waals surface area contributed by atoms with E-state index in [0.717, 1.165) is 6.54 Å². The number of carbonyl (C=O) groups is 1. The van der Waals surface area contributed by atoms with Gasteiger partial charge in [0, 0.05) is 36.9 Å². The molecule has 21 heavy (non-hydrogen) atoms. The van der Waals surface area contributed by atoms with Gasteiger partial charge in [-0.3, -0.25) is 4.79 Å². The van der Waals surface area contributed by atoms with Crippen LogP contribution in [-0.2, 0) is 0 Å². The summed E-state index contributed by atoms with van der Waals surface area (Å²) in [7, 11) is 0. The number of hydrogen-bond donors (Lipinski definition) is 1. The van der Waals surface area contributed by atoms with Crippen LogP contribution in [-0.4, -0.2) is 55.7 Å². The molecular weight excluding hydrogens is 268 g/mol. The number of nitrogens with zero attached hydrogens (tertiary/aromatic N) is 5. The minimum absolute atomic E-state index is 0.0274. The van der Waals surface area contributed by atoms with Crippen LogP contribution in [0.15, 0.2) is 31.0 Å². The van der Waals surface area contributed by atoms with Crippen molar-refractivity contribution in [3.05, 3.63) is 36.5 Å². The van der Waals surface area contributed by atoms with E-state index < -0.39 is 0 Å². The van der Waals surface area contributed by atoms with Crippen molar-refractivity contribution < 1.29 is 4.79 Å². The molecule has 2 atom stereocenters. The molecule has 3 rings (SSSR count). The van der Waals surface area contributed by atoms with Gasteiger partial charge in [0.25, 0.3) is 5.91 Å². The Morgan fingerprint density at radius 1 is 1.43 bits per heavy atom. The maximum absolute atomic E-state index is 12.7. The fourth-order valence-electron chi connectivity index (χ4n) is 2.51. The van der Waals surface area contributed by atoms with Gasteiger partial charge >= 0.3 is 0 Å². The predicted molar refractivity (Wildman–Crippen MR) is 77.1 cm³/mol. The fourth-order valence-corrected chi connectivity index (χ4v) is 2.51. The largest absolute Gasteiger partial charge is 0.333 e. The Bertz CT molecular complexity index is 626. The Morgan fingerprint density at radius 3 is 3.05 bits per heavy atom. The molecule has 1 amide bonds. The minimum Gasteiger partial charge on any atom is -0.333 e. The summed E-state index contributed by atoms with van der Waals surface area (Å²) in [6, 6.07) is 3.94. The maximum atomic E-state index is 12.7. The molecule has 0 bridgehead atoms. The van der Waals surface area contributed by atoms with Gasteiger partial charge in [0.05, 0.1) is 0 Å². The molecular formula is C14H18N6O. The number of piperazine rings is 1. The summed E-state index contributed by atoms with van der Waals surface area (Å²) >= 11 is 0. The van der Waals surface area contributed by atoms with Crippen molar-refractivity contribution in [1.82, 2.24) is 30.0 Å². The van der Waals surface area contributed by atoms with Gasteiger partial charge in [-0.05, 0) is 26.0 Å². The van der Waals surface area contributed by atoms with Gasteiger partial charge < -0.3 is 10.2 Å². The third-order valence-electron chi connectivity index (χ3n) is 3.94. The first-order valence-corrected chi connectivity index (χ1v) is 7.02. The number of nitrogens with one attached hydrogen (secondary N) is 1. The number of pyridine rings is 1. The molecule has 110 valence electrons. The lowest BCUT2D eigenvalue weighted by molar-refractivity contribution is 0.0603. The molecule has 0 aliphatic carbocycles. The van der Waals surface area contributed by atoms with E-state index in [0.29, 0.717) is 24.0 Å².